The number of H-pyrrole nitrogens is 1. The molecular formula is C16H20N6. The summed E-state index contributed by atoms with van der Waals surface area (Å²) < 4.78 is 2.16. The van der Waals surface area contributed by atoms with Crippen LogP contribution in [0.5, 0.6) is 0 Å². The van der Waals surface area contributed by atoms with E-state index in [-0.39, 0.29) is 0 Å². The number of likely N-dealkylation sites (tertiary alicyclic amines) is 1. The molecule has 1 aliphatic heterocycles. The highest BCUT2D eigenvalue weighted by atomic mass is 15.2. The second-order valence-corrected chi connectivity index (χ2v) is 6.03. The first kappa shape index (κ1) is 13.5. The summed E-state index contributed by atoms with van der Waals surface area (Å²) in [5.41, 5.74) is 3.39. The van der Waals surface area contributed by atoms with Crippen molar-refractivity contribution in [1.29, 1.82) is 0 Å². The molecule has 1 atom stereocenters. The molecule has 1 fully saturated rings. The molecule has 0 bridgehead atoms. The Morgan fingerprint density at radius 3 is 3.05 bits per heavy atom. The van der Waals surface area contributed by atoms with Gasteiger partial charge in [-0.05, 0) is 39.3 Å². The molecule has 4 heterocycles. The van der Waals surface area contributed by atoms with Crippen LogP contribution < -0.4 is 0 Å². The Balaban J connectivity index is 1.66. The molecule has 1 N–H and O–H groups in total. The van der Waals surface area contributed by atoms with Gasteiger partial charge in [-0.1, -0.05) is 0 Å². The first-order valence-electron chi connectivity index (χ1n) is 7.76. The maximum atomic E-state index is 4.52. The van der Waals surface area contributed by atoms with Crippen LogP contribution in [0.3, 0.4) is 0 Å². The Labute approximate surface area is 129 Å². The molecule has 0 spiro atoms. The lowest BCUT2D eigenvalue weighted by atomic mass is 10.2. The third kappa shape index (κ3) is 2.20. The van der Waals surface area contributed by atoms with Crippen LogP contribution in [0, 0.1) is 13.8 Å². The van der Waals surface area contributed by atoms with Crippen LogP contribution in [0.25, 0.3) is 5.78 Å². The topological polar surface area (TPSA) is 62.1 Å². The number of nitrogens with zero attached hydrogens (tertiary/aromatic N) is 5. The van der Waals surface area contributed by atoms with Gasteiger partial charge in [-0.2, -0.15) is 0 Å². The minimum atomic E-state index is 0.374. The maximum Gasteiger partial charge on any atom is 0.234 e. The third-order valence-electron chi connectivity index (χ3n) is 4.43. The number of aromatic nitrogens is 5. The van der Waals surface area contributed by atoms with Crippen molar-refractivity contribution in [1.82, 2.24) is 29.2 Å². The first-order valence-corrected chi connectivity index (χ1v) is 7.76. The van der Waals surface area contributed by atoms with E-state index in [4.69, 9.17) is 0 Å². The Bertz CT molecular complexity index is 788. The average Bonchev–Trinajstić information content (AvgIpc) is 3.19. The van der Waals surface area contributed by atoms with Crippen LogP contribution in [0.15, 0.2) is 24.7 Å². The number of aromatic amines is 1. The molecular weight excluding hydrogens is 276 g/mol. The zero-order valence-corrected chi connectivity index (χ0v) is 13.0. The number of aryl methyl sites for hydroxylation is 2. The largest absolute Gasteiger partial charge is 0.347 e. The van der Waals surface area contributed by atoms with Gasteiger partial charge in [0, 0.05) is 30.3 Å². The van der Waals surface area contributed by atoms with Gasteiger partial charge in [-0.25, -0.2) is 15.0 Å². The monoisotopic (exact) mass is 296 g/mol. The van der Waals surface area contributed by atoms with E-state index in [2.05, 4.69) is 42.2 Å². The van der Waals surface area contributed by atoms with Crippen molar-refractivity contribution < 1.29 is 0 Å². The van der Waals surface area contributed by atoms with Crippen molar-refractivity contribution >= 4 is 5.78 Å². The zero-order chi connectivity index (χ0) is 15.1. The fraction of sp³-hybridized carbons (Fsp3) is 0.438. The summed E-state index contributed by atoms with van der Waals surface area (Å²) in [5.74, 6) is 1.86. The number of hydrogen-bond acceptors (Lipinski definition) is 4. The quantitative estimate of drug-likeness (QED) is 0.806. The molecule has 1 aliphatic rings. The summed E-state index contributed by atoms with van der Waals surface area (Å²) in [6.07, 6.45) is 8.04. The lowest BCUT2D eigenvalue weighted by Gasteiger charge is -2.22. The van der Waals surface area contributed by atoms with Crippen molar-refractivity contribution in [3.05, 3.63) is 47.6 Å². The first-order chi connectivity index (χ1) is 10.7. The molecule has 1 saturated heterocycles. The maximum absolute atomic E-state index is 4.52. The number of nitrogens with one attached hydrogen (secondary N) is 1. The molecule has 0 radical (unpaired) electrons. The number of hydrogen-bond donors (Lipinski definition) is 1. The summed E-state index contributed by atoms with van der Waals surface area (Å²) in [4.78, 5) is 19.2. The molecule has 3 aromatic rings. The van der Waals surface area contributed by atoms with Crippen LogP contribution in [0.4, 0.5) is 0 Å². The van der Waals surface area contributed by atoms with Crippen molar-refractivity contribution in [3.8, 4) is 0 Å². The second-order valence-electron chi connectivity index (χ2n) is 6.03. The normalized spacial score (nSPS) is 19.3. The van der Waals surface area contributed by atoms with Gasteiger partial charge >= 0.3 is 0 Å². The highest BCUT2D eigenvalue weighted by Gasteiger charge is 2.28. The lowest BCUT2D eigenvalue weighted by molar-refractivity contribution is 0.237. The third-order valence-corrected chi connectivity index (χ3v) is 4.43. The Morgan fingerprint density at radius 1 is 1.32 bits per heavy atom. The van der Waals surface area contributed by atoms with Crippen LogP contribution in [0.1, 0.15) is 41.8 Å². The van der Waals surface area contributed by atoms with Crippen molar-refractivity contribution in [2.24, 2.45) is 0 Å². The van der Waals surface area contributed by atoms with Crippen LogP contribution >= 0.6 is 0 Å². The summed E-state index contributed by atoms with van der Waals surface area (Å²) in [5, 5.41) is 0. The smallest absolute Gasteiger partial charge is 0.234 e. The van der Waals surface area contributed by atoms with E-state index in [1.54, 1.807) is 0 Å². The standard InChI is InChI=1S/C16H20N6/c1-11-8-12(2)22-13(9-19-16(22)20-11)10-21-7-3-4-14(21)15-17-5-6-18-15/h5-6,8-9,14H,3-4,7,10H2,1-2H3,(H,17,18). The van der Waals surface area contributed by atoms with Gasteiger partial charge in [0.1, 0.15) is 5.82 Å². The second kappa shape index (κ2) is 5.21. The fourth-order valence-electron chi connectivity index (χ4n) is 3.50. The van der Waals surface area contributed by atoms with Crippen LogP contribution in [-0.2, 0) is 6.54 Å². The molecule has 0 saturated carbocycles. The van der Waals surface area contributed by atoms with Gasteiger partial charge in [0.15, 0.2) is 0 Å². The molecule has 114 valence electrons. The Hall–Kier alpha value is -2.21. The summed E-state index contributed by atoms with van der Waals surface area (Å²) in [7, 11) is 0. The van der Waals surface area contributed by atoms with Crippen molar-refractivity contribution in [2.45, 2.75) is 39.3 Å². The molecule has 4 rings (SSSR count). The lowest BCUT2D eigenvalue weighted by Crippen LogP contribution is -2.24. The van der Waals surface area contributed by atoms with Crippen LogP contribution in [-0.4, -0.2) is 35.8 Å². The molecule has 0 amide bonds. The van der Waals surface area contributed by atoms with E-state index in [9.17, 15) is 0 Å². The summed E-state index contributed by atoms with van der Waals surface area (Å²) >= 11 is 0. The molecule has 1 unspecified atom stereocenters. The van der Waals surface area contributed by atoms with E-state index < -0.39 is 0 Å². The van der Waals surface area contributed by atoms with E-state index in [0.29, 0.717) is 6.04 Å². The van der Waals surface area contributed by atoms with E-state index in [0.717, 1.165) is 36.8 Å². The minimum absolute atomic E-state index is 0.374. The van der Waals surface area contributed by atoms with Gasteiger partial charge in [0.25, 0.3) is 0 Å². The van der Waals surface area contributed by atoms with Gasteiger partial charge in [0.05, 0.1) is 17.9 Å². The van der Waals surface area contributed by atoms with Crippen molar-refractivity contribution in [3.63, 3.8) is 0 Å². The zero-order valence-electron chi connectivity index (χ0n) is 13.0. The summed E-state index contributed by atoms with van der Waals surface area (Å²) in [6, 6.07) is 2.48. The average molecular weight is 296 g/mol. The Kier molecular flexibility index (Phi) is 3.18. The molecule has 0 aromatic carbocycles. The molecule has 6 nitrogen and oxygen atoms in total. The predicted octanol–water partition coefficient (Wildman–Crippen LogP) is 2.41. The van der Waals surface area contributed by atoms with Gasteiger partial charge in [-0.15, -0.1) is 0 Å². The fourth-order valence-corrected chi connectivity index (χ4v) is 3.50. The number of fused-ring (bicyclic) bond motifs is 1. The molecule has 22 heavy (non-hydrogen) atoms. The SMILES string of the molecule is Cc1cc(C)n2c(CN3CCCC3c3ncc[nH]3)cnc2n1. The molecule has 0 aliphatic carbocycles. The van der Waals surface area contributed by atoms with E-state index >= 15 is 0 Å². The van der Waals surface area contributed by atoms with E-state index in [1.165, 1.54) is 17.8 Å². The minimum Gasteiger partial charge on any atom is -0.347 e. The molecule has 6 heteroatoms. The highest BCUT2D eigenvalue weighted by molar-refractivity contribution is 5.35. The van der Waals surface area contributed by atoms with Gasteiger partial charge < -0.3 is 4.98 Å². The Morgan fingerprint density at radius 2 is 2.23 bits per heavy atom. The van der Waals surface area contributed by atoms with Crippen LogP contribution in [0.2, 0.25) is 0 Å². The predicted molar refractivity (Wildman–Crippen MR) is 83.4 cm³/mol. The summed E-state index contributed by atoms with van der Waals surface area (Å²) in [6.45, 7) is 6.09. The highest BCUT2D eigenvalue weighted by Crippen LogP contribution is 2.31. The van der Waals surface area contributed by atoms with E-state index in [1.807, 2.05) is 25.5 Å². The molecule has 3 aromatic heterocycles. The number of imidazole rings is 2. The van der Waals surface area contributed by atoms with Crippen molar-refractivity contribution in [2.75, 3.05) is 6.54 Å². The van der Waals surface area contributed by atoms with Gasteiger partial charge in [-0.3, -0.25) is 9.30 Å². The number of rotatable bonds is 3. The van der Waals surface area contributed by atoms with Gasteiger partial charge in [0.2, 0.25) is 5.78 Å².